The topological polar surface area (TPSA) is 42.7 Å². The number of hydrogen-bond donors (Lipinski definition) is 0. The van der Waals surface area contributed by atoms with E-state index < -0.39 is 0 Å². The van der Waals surface area contributed by atoms with Crippen LogP contribution in [0.25, 0.3) is 11.0 Å². The van der Waals surface area contributed by atoms with E-state index in [9.17, 15) is 4.79 Å². The highest BCUT2D eigenvalue weighted by atomic mass is 35.5. The Hall–Kier alpha value is -1.52. The van der Waals surface area contributed by atoms with Crippen LogP contribution in [0.2, 0.25) is 5.02 Å². The van der Waals surface area contributed by atoms with Gasteiger partial charge in [0.2, 0.25) is 5.91 Å². The second kappa shape index (κ2) is 5.46. The number of aryl methyl sites for hydroxylation is 1. The third-order valence-electron chi connectivity index (χ3n) is 3.64. The van der Waals surface area contributed by atoms with E-state index in [0.29, 0.717) is 37.7 Å². The number of rotatable bonds is 2. The lowest BCUT2D eigenvalue weighted by Crippen LogP contribution is -2.41. The zero-order valence-corrected chi connectivity index (χ0v) is 12.1. The van der Waals surface area contributed by atoms with E-state index in [4.69, 9.17) is 20.8 Å². The van der Waals surface area contributed by atoms with Gasteiger partial charge in [-0.05, 0) is 24.6 Å². The van der Waals surface area contributed by atoms with Crippen molar-refractivity contribution in [3.05, 3.63) is 34.5 Å². The molecule has 1 aliphatic rings. The maximum atomic E-state index is 12.3. The number of amides is 1. The molecule has 1 aliphatic heterocycles. The summed E-state index contributed by atoms with van der Waals surface area (Å²) in [5.41, 5.74) is 2.63. The van der Waals surface area contributed by atoms with Crippen LogP contribution in [0.4, 0.5) is 0 Å². The van der Waals surface area contributed by atoms with Crippen molar-refractivity contribution < 1.29 is 13.9 Å². The minimum Gasteiger partial charge on any atom is -0.464 e. The highest BCUT2D eigenvalue weighted by Crippen LogP contribution is 2.28. The normalized spacial score (nSPS) is 15.8. The Morgan fingerprint density at radius 1 is 1.35 bits per heavy atom. The summed E-state index contributed by atoms with van der Waals surface area (Å²) in [6, 6.07) is 3.78. The Balaban J connectivity index is 1.83. The molecule has 2 aromatic rings. The summed E-state index contributed by atoms with van der Waals surface area (Å²) in [7, 11) is 0. The zero-order chi connectivity index (χ0) is 14.1. The van der Waals surface area contributed by atoms with Crippen LogP contribution < -0.4 is 0 Å². The first-order valence-corrected chi connectivity index (χ1v) is 7.04. The molecule has 20 heavy (non-hydrogen) atoms. The van der Waals surface area contributed by atoms with Crippen molar-refractivity contribution in [3.63, 3.8) is 0 Å². The monoisotopic (exact) mass is 293 g/mol. The maximum Gasteiger partial charge on any atom is 0.227 e. The molecule has 4 nitrogen and oxygen atoms in total. The Morgan fingerprint density at radius 3 is 2.85 bits per heavy atom. The fourth-order valence-corrected chi connectivity index (χ4v) is 2.59. The molecule has 0 spiro atoms. The lowest BCUT2D eigenvalue weighted by Gasteiger charge is -2.26. The lowest BCUT2D eigenvalue weighted by atomic mass is 10.1. The number of halogens is 1. The van der Waals surface area contributed by atoms with Crippen LogP contribution in [0.5, 0.6) is 0 Å². The highest BCUT2D eigenvalue weighted by molar-refractivity contribution is 6.32. The second-order valence-corrected chi connectivity index (χ2v) is 5.44. The molecule has 0 bridgehead atoms. The molecule has 0 atom stereocenters. The summed E-state index contributed by atoms with van der Waals surface area (Å²) in [6.45, 7) is 4.48. The largest absolute Gasteiger partial charge is 0.464 e. The molecule has 1 aromatic carbocycles. The molecule has 2 heterocycles. The quantitative estimate of drug-likeness (QED) is 0.855. The van der Waals surface area contributed by atoms with Gasteiger partial charge in [0.25, 0.3) is 0 Å². The molecular formula is C15H16ClNO3. The molecule has 1 fully saturated rings. The molecule has 3 rings (SSSR count). The molecule has 1 saturated heterocycles. The van der Waals surface area contributed by atoms with Gasteiger partial charge in [-0.1, -0.05) is 11.6 Å². The van der Waals surface area contributed by atoms with Crippen molar-refractivity contribution >= 4 is 28.5 Å². The lowest BCUT2D eigenvalue weighted by molar-refractivity contribution is -0.134. The van der Waals surface area contributed by atoms with Crippen molar-refractivity contribution in [3.8, 4) is 0 Å². The number of nitrogens with zero attached hydrogens (tertiary/aromatic N) is 1. The SMILES string of the molecule is Cc1cc2occ(CC(=O)N3CCOCC3)c2cc1Cl. The number of carbonyl (C=O) groups excluding carboxylic acids is 1. The number of morpholine rings is 1. The first-order valence-electron chi connectivity index (χ1n) is 6.67. The van der Waals surface area contributed by atoms with Crippen LogP contribution in [0, 0.1) is 6.92 Å². The predicted molar refractivity (Wildman–Crippen MR) is 77.1 cm³/mol. The van der Waals surface area contributed by atoms with E-state index in [1.165, 1.54) is 0 Å². The molecule has 0 N–H and O–H groups in total. The zero-order valence-electron chi connectivity index (χ0n) is 11.3. The van der Waals surface area contributed by atoms with Crippen LogP contribution in [0.3, 0.4) is 0 Å². The first kappa shape index (κ1) is 13.5. The predicted octanol–water partition coefficient (Wildman–Crippen LogP) is 2.80. The molecule has 1 amide bonds. The average Bonchev–Trinajstić information content (AvgIpc) is 2.83. The van der Waals surface area contributed by atoms with Gasteiger partial charge in [-0.2, -0.15) is 0 Å². The van der Waals surface area contributed by atoms with Gasteiger partial charge in [0.1, 0.15) is 5.58 Å². The second-order valence-electron chi connectivity index (χ2n) is 5.03. The van der Waals surface area contributed by atoms with Gasteiger partial charge in [-0.25, -0.2) is 0 Å². The van der Waals surface area contributed by atoms with E-state index in [1.54, 1.807) is 6.26 Å². The summed E-state index contributed by atoms with van der Waals surface area (Å²) in [4.78, 5) is 14.1. The Labute approximate surface area is 122 Å². The van der Waals surface area contributed by atoms with E-state index in [-0.39, 0.29) is 5.91 Å². The van der Waals surface area contributed by atoms with Gasteiger partial charge in [0.05, 0.1) is 25.9 Å². The molecule has 0 unspecified atom stereocenters. The number of benzene rings is 1. The number of fused-ring (bicyclic) bond motifs is 1. The van der Waals surface area contributed by atoms with Gasteiger partial charge >= 0.3 is 0 Å². The van der Waals surface area contributed by atoms with Crippen molar-refractivity contribution in [2.75, 3.05) is 26.3 Å². The van der Waals surface area contributed by atoms with Crippen molar-refractivity contribution in [2.24, 2.45) is 0 Å². The van der Waals surface area contributed by atoms with Crippen molar-refractivity contribution in [1.82, 2.24) is 4.90 Å². The van der Waals surface area contributed by atoms with Crippen LogP contribution in [-0.2, 0) is 16.0 Å². The van der Waals surface area contributed by atoms with Gasteiger partial charge in [-0.3, -0.25) is 4.79 Å². The minimum atomic E-state index is 0.104. The smallest absolute Gasteiger partial charge is 0.227 e. The van der Waals surface area contributed by atoms with Gasteiger partial charge < -0.3 is 14.1 Å². The first-order chi connectivity index (χ1) is 9.65. The van der Waals surface area contributed by atoms with Crippen LogP contribution in [-0.4, -0.2) is 37.1 Å². The molecule has 1 aromatic heterocycles. The average molecular weight is 294 g/mol. The Bertz CT molecular complexity index is 644. The molecule has 0 saturated carbocycles. The molecule has 5 heteroatoms. The summed E-state index contributed by atoms with van der Waals surface area (Å²) in [5.74, 6) is 0.104. The molecular weight excluding hydrogens is 278 g/mol. The summed E-state index contributed by atoms with van der Waals surface area (Å²) in [5, 5.41) is 1.61. The number of ether oxygens (including phenoxy) is 1. The third-order valence-corrected chi connectivity index (χ3v) is 4.05. The standard InChI is InChI=1S/C15H16ClNO3/c1-10-6-14-12(8-13(10)16)11(9-20-14)7-15(18)17-2-4-19-5-3-17/h6,8-9H,2-5,7H2,1H3. The van der Waals surface area contributed by atoms with E-state index >= 15 is 0 Å². The summed E-state index contributed by atoms with van der Waals surface area (Å²) in [6.07, 6.45) is 1.99. The number of hydrogen-bond acceptors (Lipinski definition) is 3. The number of furan rings is 1. The third kappa shape index (κ3) is 2.53. The van der Waals surface area contributed by atoms with Gasteiger partial charge in [0.15, 0.2) is 0 Å². The van der Waals surface area contributed by atoms with E-state index in [1.807, 2.05) is 24.0 Å². The fraction of sp³-hybridized carbons (Fsp3) is 0.400. The fourth-order valence-electron chi connectivity index (χ4n) is 2.43. The Morgan fingerprint density at radius 2 is 2.10 bits per heavy atom. The maximum absolute atomic E-state index is 12.3. The van der Waals surface area contributed by atoms with Crippen molar-refractivity contribution in [2.45, 2.75) is 13.3 Å². The Kier molecular flexibility index (Phi) is 3.68. The van der Waals surface area contributed by atoms with Crippen molar-refractivity contribution in [1.29, 1.82) is 0 Å². The van der Waals surface area contributed by atoms with Gasteiger partial charge in [-0.15, -0.1) is 0 Å². The highest BCUT2D eigenvalue weighted by Gasteiger charge is 2.19. The molecule has 0 aliphatic carbocycles. The van der Waals surface area contributed by atoms with Crippen LogP contribution in [0.1, 0.15) is 11.1 Å². The molecule has 106 valence electrons. The molecule has 0 radical (unpaired) electrons. The van der Waals surface area contributed by atoms with E-state index in [2.05, 4.69) is 0 Å². The van der Waals surface area contributed by atoms with Crippen LogP contribution >= 0.6 is 11.6 Å². The minimum absolute atomic E-state index is 0.104. The van der Waals surface area contributed by atoms with E-state index in [0.717, 1.165) is 22.1 Å². The summed E-state index contributed by atoms with van der Waals surface area (Å²) >= 11 is 6.15. The number of carbonyl (C=O) groups is 1. The summed E-state index contributed by atoms with van der Waals surface area (Å²) < 4.78 is 10.8. The van der Waals surface area contributed by atoms with Crippen LogP contribution in [0.15, 0.2) is 22.8 Å². The van der Waals surface area contributed by atoms with Gasteiger partial charge in [0, 0.05) is 29.1 Å².